The van der Waals surface area contributed by atoms with Crippen LogP contribution in [0.5, 0.6) is 0 Å². The smallest absolute Gasteiger partial charge is 0.166 e. The lowest BCUT2D eigenvalue weighted by atomic mass is 10.00. The van der Waals surface area contributed by atoms with E-state index in [-0.39, 0.29) is 0 Å². The Bertz CT molecular complexity index is 3690. The van der Waals surface area contributed by atoms with Gasteiger partial charge in [0.2, 0.25) is 0 Å². The van der Waals surface area contributed by atoms with E-state index in [4.69, 9.17) is 15.0 Å². The minimum absolute atomic E-state index is 0.473. The van der Waals surface area contributed by atoms with Gasteiger partial charge >= 0.3 is 0 Å². The van der Waals surface area contributed by atoms with Crippen molar-refractivity contribution in [2.75, 3.05) is 0 Å². The van der Waals surface area contributed by atoms with Crippen LogP contribution in [0.25, 0.3) is 100 Å². The minimum Gasteiger partial charge on any atom is -0.308 e. The Hall–Kier alpha value is -8.65. The van der Waals surface area contributed by atoms with Crippen molar-refractivity contribution in [2.45, 2.75) is 13.8 Å². The third-order valence-electron chi connectivity index (χ3n) is 11.7. The van der Waals surface area contributed by atoms with Gasteiger partial charge in [-0.2, -0.15) is 10.5 Å². The monoisotopic (exact) mass is 793 g/mol. The van der Waals surface area contributed by atoms with Crippen molar-refractivity contribution in [2.24, 2.45) is 0 Å². The molecule has 11 aromatic rings. The Balaban J connectivity index is 1.22. The number of aromatic nitrogens is 5. The molecule has 8 aromatic carbocycles. The van der Waals surface area contributed by atoms with Crippen LogP contribution in [0.15, 0.2) is 176 Å². The zero-order chi connectivity index (χ0) is 41.9. The molecule has 0 N–H and O–H groups in total. The van der Waals surface area contributed by atoms with Crippen LogP contribution >= 0.6 is 0 Å². The lowest BCUT2D eigenvalue weighted by Crippen LogP contribution is -2.06. The lowest BCUT2D eigenvalue weighted by Gasteiger charge is -2.18. The zero-order valence-electron chi connectivity index (χ0n) is 33.9. The average Bonchev–Trinajstić information content (AvgIpc) is 3.83. The van der Waals surface area contributed by atoms with Crippen molar-refractivity contribution in [3.05, 3.63) is 198 Å². The van der Waals surface area contributed by atoms with Crippen LogP contribution in [0.4, 0.5) is 0 Å². The van der Waals surface area contributed by atoms with E-state index in [0.717, 1.165) is 82.8 Å². The zero-order valence-corrected chi connectivity index (χ0v) is 33.9. The molecule has 0 bridgehead atoms. The molecule has 7 heteroatoms. The van der Waals surface area contributed by atoms with Crippen molar-refractivity contribution in [3.63, 3.8) is 0 Å². The summed E-state index contributed by atoms with van der Waals surface area (Å²) >= 11 is 0. The predicted octanol–water partition coefficient (Wildman–Crippen LogP) is 13.1. The predicted molar refractivity (Wildman–Crippen MR) is 249 cm³/mol. The van der Waals surface area contributed by atoms with E-state index in [1.807, 2.05) is 78.9 Å². The van der Waals surface area contributed by atoms with Gasteiger partial charge in [0.25, 0.3) is 0 Å². The normalized spacial score (nSPS) is 11.4. The minimum atomic E-state index is 0.473. The largest absolute Gasteiger partial charge is 0.308 e. The van der Waals surface area contributed by atoms with E-state index in [9.17, 15) is 10.5 Å². The first-order chi connectivity index (χ1) is 30.4. The van der Waals surface area contributed by atoms with E-state index < -0.39 is 0 Å². The van der Waals surface area contributed by atoms with Gasteiger partial charge in [-0.25, -0.2) is 15.0 Å². The molecule has 290 valence electrons. The van der Waals surface area contributed by atoms with Crippen LogP contribution in [-0.2, 0) is 0 Å². The molecule has 0 aliphatic carbocycles. The Morgan fingerprint density at radius 1 is 0.371 bits per heavy atom. The number of para-hydroxylation sites is 2. The summed E-state index contributed by atoms with van der Waals surface area (Å²) in [5.74, 6) is 1.49. The van der Waals surface area contributed by atoms with E-state index in [2.05, 4.69) is 132 Å². The van der Waals surface area contributed by atoms with E-state index >= 15 is 0 Å². The summed E-state index contributed by atoms with van der Waals surface area (Å²) in [4.78, 5) is 15.9. The quantitative estimate of drug-likeness (QED) is 0.167. The molecule has 3 aromatic heterocycles. The summed E-state index contributed by atoms with van der Waals surface area (Å²) in [5.41, 5.74) is 13.6. The van der Waals surface area contributed by atoms with Crippen LogP contribution in [0, 0.1) is 36.5 Å². The van der Waals surface area contributed by atoms with Crippen molar-refractivity contribution < 1.29 is 0 Å². The fraction of sp³-hybridized carbons (Fsp3) is 0.0364. The number of aryl methyl sites for hydroxylation is 2. The fourth-order valence-electron chi connectivity index (χ4n) is 8.85. The third-order valence-corrected chi connectivity index (χ3v) is 11.7. The summed E-state index contributed by atoms with van der Waals surface area (Å²) in [7, 11) is 0. The number of hydrogen-bond donors (Lipinski definition) is 0. The van der Waals surface area contributed by atoms with E-state index in [0.29, 0.717) is 28.6 Å². The number of fused-ring (bicyclic) bond motifs is 6. The van der Waals surface area contributed by atoms with E-state index in [1.165, 1.54) is 11.1 Å². The summed E-state index contributed by atoms with van der Waals surface area (Å²) < 4.78 is 4.53. The molecule has 62 heavy (non-hydrogen) atoms. The maximum Gasteiger partial charge on any atom is 0.166 e. The maximum absolute atomic E-state index is 10.3. The van der Waals surface area contributed by atoms with Crippen molar-refractivity contribution in [3.8, 4) is 68.8 Å². The highest BCUT2D eigenvalue weighted by atomic mass is 15.1. The summed E-state index contributed by atoms with van der Waals surface area (Å²) in [6.07, 6.45) is 0. The Kier molecular flexibility index (Phi) is 8.56. The molecule has 0 spiro atoms. The molecular formula is C55H35N7. The first-order valence-electron chi connectivity index (χ1n) is 20.5. The second kappa shape index (κ2) is 14.6. The topological polar surface area (TPSA) is 96.1 Å². The summed E-state index contributed by atoms with van der Waals surface area (Å²) in [5, 5.41) is 24.6. The second-order valence-corrected chi connectivity index (χ2v) is 15.7. The SMILES string of the molecule is Cc1ccc2c(c1)c1ccccc1n2-c1cc(C#N)ccc1-c1nc(-c2ccccc2)nc(-c2ccc(-c3cccc(C#N)c3)cc2-n2c3ccccc3c3cc(C)ccc32)n1. The molecule has 0 aliphatic rings. The number of benzene rings is 8. The molecule has 0 aliphatic heterocycles. The average molecular weight is 794 g/mol. The highest BCUT2D eigenvalue weighted by molar-refractivity contribution is 6.11. The van der Waals surface area contributed by atoms with Gasteiger partial charge in [0.15, 0.2) is 17.5 Å². The molecule has 0 fully saturated rings. The van der Waals surface area contributed by atoms with Gasteiger partial charge < -0.3 is 9.13 Å². The van der Waals surface area contributed by atoms with Gasteiger partial charge in [-0.3, -0.25) is 0 Å². The third kappa shape index (κ3) is 6.00. The highest BCUT2D eigenvalue weighted by Gasteiger charge is 2.23. The maximum atomic E-state index is 10.3. The molecule has 0 saturated heterocycles. The lowest BCUT2D eigenvalue weighted by molar-refractivity contribution is 1.06. The number of rotatable bonds is 6. The van der Waals surface area contributed by atoms with Gasteiger partial charge in [0.05, 0.1) is 56.7 Å². The van der Waals surface area contributed by atoms with Gasteiger partial charge in [-0.15, -0.1) is 0 Å². The summed E-state index contributed by atoms with van der Waals surface area (Å²) in [6.45, 7) is 4.23. The second-order valence-electron chi connectivity index (χ2n) is 15.7. The Labute approximate surface area is 357 Å². The molecule has 0 saturated carbocycles. The molecule has 11 rings (SSSR count). The highest BCUT2D eigenvalue weighted by Crippen LogP contribution is 2.40. The molecule has 0 atom stereocenters. The molecule has 0 unspecified atom stereocenters. The fourth-order valence-corrected chi connectivity index (χ4v) is 8.85. The van der Waals surface area contributed by atoms with Gasteiger partial charge in [0.1, 0.15) is 0 Å². The van der Waals surface area contributed by atoms with Crippen LogP contribution in [0.2, 0.25) is 0 Å². The van der Waals surface area contributed by atoms with Crippen molar-refractivity contribution in [1.82, 2.24) is 24.1 Å². The van der Waals surface area contributed by atoms with Gasteiger partial charge in [-0.1, -0.05) is 108 Å². The first kappa shape index (κ1) is 36.4. The van der Waals surface area contributed by atoms with Crippen LogP contribution < -0.4 is 0 Å². The number of nitrogens with zero attached hydrogens (tertiary/aromatic N) is 7. The molecule has 3 heterocycles. The molecule has 0 amide bonds. The van der Waals surface area contributed by atoms with Gasteiger partial charge in [-0.05, 0) is 104 Å². The van der Waals surface area contributed by atoms with Crippen molar-refractivity contribution >= 4 is 43.6 Å². The number of hydrogen-bond acceptors (Lipinski definition) is 5. The van der Waals surface area contributed by atoms with Crippen molar-refractivity contribution in [1.29, 1.82) is 10.5 Å². The van der Waals surface area contributed by atoms with Crippen LogP contribution in [0.3, 0.4) is 0 Å². The number of nitriles is 2. The molecule has 7 nitrogen and oxygen atoms in total. The van der Waals surface area contributed by atoms with E-state index in [1.54, 1.807) is 0 Å². The Morgan fingerprint density at radius 2 is 0.855 bits per heavy atom. The standard InChI is InChI=1S/C55H35N7/c1-34-19-25-49-45(27-34)41-15-6-8-17-47(41)61(49)51-30-37(33-57)21-23-43(51)54-58-53(38-12-4-3-5-13-38)59-55(60-54)44-24-22-40(39-14-10-11-36(29-39)32-56)31-52(44)62-48-18-9-7-16-42(48)46-28-35(2)20-26-50(46)62/h3-31H,1-2H3. The molecular weight excluding hydrogens is 759 g/mol. The first-order valence-corrected chi connectivity index (χ1v) is 20.5. The molecule has 0 radical (unpaired) electrons. The Morgan fingerprint density at radius 3 is 1.47 bits per heavy atom. The summed E-state index contributed by atoms with van der Waals surface area (Å²) in [6, 6.07) is 64.3. The van der Waals surface area contributed by atoms with Crippen LogP contribution in [-0.4, -0.2) is 24.1 Å². The van der Waals surface area contributed by atoms with Gasteiger partial charge in [0, 0.05) is 38.2 Å². The van der Waals surface area contributed by atoms with Crippen LogP contribution in [0.1, 0.15) is 22.3 Å².